The van der Waals surface area contributed by atoms with Gasteiger partial charge in [-0.15, -0.1) is 6.58 Å². The van der Waals surface area contributed by atoms with E-state index < -0.39 is 22.8 Å². The van der Waals surface area contributed by atoms with Crippen molar-refractivity contribution in [2.45, 2.75) is 105 Å². The average Bonchev–Trinajstić information content (AvgIpc) is 2.52. The topological polar surface area (TPSA) is 52.6 Å². The Morgan fingerprint density at radius 3 is 1.96 bits per heavy atom. The van der Waals surface area contributed by atoms with Crippen LogP contribution in [0.5, 0.6) is 0 Å². The quantitative estimate of drug-likeness (QED) is 0.317. The molecule has 1 rings (SSSR count). The van der Waals surface area contributed by atoms with Crippen LogP contribution in [0.25, 0.3) is 0 Å². The van der Waals surface area contributed by atoms with E-state index in [0.29, 0.717) is 5.92 Å². The van der Waals surface area contributed by atoms with Crippen LogP contribution in [-0.4, -0.2) is 28.6 Å². The fourth-order valence-electron chi connectivity index (χ4n) is 3.50. The van der Waals surface area contributed by atoms with Gasteiger partial charge in [-0.25, -0.2) is 4.79 Å². The highest BCUT2D eigenvalue weighted by molar-refractivity contribution is 6.36. The number of ketones is 1. The molecule has 0 amide bonds. The molecule has 27 heavy (non-hydrogen) atoms. The van der Waals surface area contributed by atoms with Crippen LogP contribution in [0.4, 0.5) is 0 Å². The lowest BCUT2D eigenvalue weighted by Crippen LogP contribution is -2.48. The minimum atomic E-state index is -0.908. The summed E-state index contributed by atoms with van der Waals surface area (Å²) in [6.45, 7) is 21.6. The Balaban J connectivity index is 2.74. The average molecular weight is 381 g/mol. The summed E-state index contributed by atoms with van der Waals surface area (Å²) in [5.74, 6) is -0.674. The molecule has 0 saturated heterocycles. The van der Waals surface area contributed by atoms with Gasteiger partial charge < -0.3 is 9.47 Å². The lowest BCUT2D eigenvalue weighted by Gasteiger charge is -2.47. The number of hydrogen-bond acceptors (Lipinski definition) is 4. The van der Waals surface area contributed by atoms with Gasteiger partial charge in [0, 0.05) is 0 Å². The number of Topliss-reactive ketones (excluding diaryl/α,β-unsaturated/α-hetero) is 1. The first-order chi connectivity index (χ1) is 12.1. The third-order valence-corrected chi connectivity index (χ3v) is 6.56. The monoisotopic (exact) mass is 380 g/mol. The molecular formula is C23H40O4. The second-order valence-corrected chi connectivity index (χ2v) is 10.3. The Hall–Kier alpha value is -1.16. The highest BCUT2D eigenvalue weighted by Gasteiger charge is 2.44. The van der Waals surface area contributed by atoms with Gasteiger partial charge in [-0.1, -0.05) is 19.9 Å². The molecule has 0 radical (unpaired) electrons. The fourth-order valence-corrected chi connectivity index (χ4v) is 3.50. The van der Waals surface area contributed by atoms with Gasteiger partial charge in [-0.2, -0.15) is 0 Å². The molecule has 1 aliphatic carbocycles. The van der Waals surface area contributed by atoms with E-state index in [1.165, 1.54) is 6.08 Å². The SMILES string of the molecule is C=CC(C)(C)C(=O)C(=O)OC(C)(C)C1CCC(C)(OC(C)(C)C(C)C)CC1. The maximum atomic E-state index is 12.4. The molecule has 0 aromatic carbocycles. The van der Waals surface area contributed by atoms with Crippen molar-refractivity contribution < 1.29 is 19.1 Å². The number of carbonyl (C=O) groups excluding carboxylic acids is 2. The summed E-state index contributed by atoms with van der Waals surface area (Å²) in [6.07, 6.45) is 5.14. The summed E-state index contributed by atoms with van der Waals surface area (Å²) >= 11 is 0. The summed E-state index contributed by atoms with van der Waals surface area (Å²) in [5, 5.41) is 0. The first-order valence-corrected chi connectivity index (χ1v) is 10.2. The molecule has 156 valence electrons. The molecule has 1 saturated carbocycles. The molecule has 0 heterocycles. The maximum Gasteiger partial charge on any atom is 0.376 e. The number of ether oxygens (including phenoxy) is 2. The predicted molar refractivity (Wildman–Crippen MR) is 110 cm³/mol. The van der Waals surface area contributed by atoms with Crippen molar-refractivity contribution in [2.24, 2.45) is 17.3 Å². The van der Waals surface area contributed by atoms with Gasteiger partial charge in [-0.3, -0.25) is 4.79 Å². The highest BCUT2D eigenvalue weighted by atomic mass is 16.6. The maximum absolute atomic E-state index is 12.4. The van der Waals surface area contributed by atoms with Crippen LogP contribution in [0.2, 0.25) is 0 Å². The molecule has 0 aromatic rings. The zero-order valence-corrected chi connectivity index (χ0v) is 18.9. The summed E-state index contributed by atoms with van der Waals surface area (Å²) in [7, 11) is 0. The van der Waals surface area contributed by atoms with Gasteiger partial charge in [0.1, 0.15) is 5.60 Å². The van der Waals surface area contributed by atoms with Gasteiger partial charge in [0.05, 0.1) is 16.6 Å². The van der Waals surface area contributed by atoms with Crippen LogP contribution in [0.15, 0.2) is 12.7 Å². The van der Waals surface area contributed by atoms with Crippen molar-refractivity contribution in [3.63, 3.8) is 0 Å². The van der Waals surface area contributed by atoms with E-state index in [9.17, 15) is 9.59 Å². The van der Waals surface area contributed by atoms with Crippen LogP contribution in [-0.2, 0) is 19.1 Å². The largest absolute Gasteiger partial charge is 0.454 e. The van der Waals surface area contributed by atoms with Gasteiger partial charge in [0.15, 0.2) is 0 Å². The Morgan fingerprint density at radius 2 is 1.56 bits per heavy atom. The predicted octanol–water partition coefficient (Wildman–Crippen LogP) is 5.49. The molecule has 4 heteroatoms. The van der Waals surface area contributed by atoms with Crippen molar-refractivity contribution in [1.82, 2.24) is 0 Å². The number of carbonyl (C=O) groups is 2. The Morgan fingerprint density at radius 1 is 1.07 bits per heavy atom. The van der Waals surface area contributed by atoms with Crippen LogP contribution in [0.1, 0.15) is 88.0 Å². The second kappa shape index (κ2) is 8.06. The zero-order valence-electron chi connectivity index (χ0n) is 18.9. The number of hydrogen-bond donors (Lipinski definition) is 0. The molecule has 0 atom stereocenters. The van der Waals surface area contributed by atoms with Crippen molar-refractivity contribution >= 4 is 11.8 Å². The zero-order chi connectivity index (χ0) is 21.3. The van der Waals surface area contributed by atoms with Crippen LogP contribution < -0.4 is 0 Å². The van der Waals surface area contributed by atoms with E-state index in [1.807, 2.05) is 13.8 Å². The summed E-state index contributed by atoms with van der Waals surface area (Å²) < 4.78 is 12.2. The van der Waals surface area contributed by atoms with Gasteiger partial charge in [0.2, 0.25) is 5.78 Å². The molecule has 0 N–H and O–H groups in total. The van der Waals surface area contributed by atoms with Crippen molar-refractivity contribution in [3.8, 4) is 0 Å². The van der Waals surface area contributed by atoms with E-state index in [1.54, 1.807) is 13.8 Å². The van der Waals surface area contributed by atoms with Crippen LogP contribution in [0.3, 0.4) is 0 Å². The van der Waals surface area contributed by atoms with Gasteiger partial charge in [-0.05, 0) is 86.0 Å². The van der Waals surface area contributed by atoms with Crippen LogP contribution >= 0.6 is 0 Å². The molecule has 4 nitrogen and oxygen atoms in total. The summed E-state index contributed by atoms with van der Waals surface area (Å²) in [4.78, 5) is 24.7. The normalized spacial score (nSPS) is 24.6. The van der Waals surface area contributed by atoms with Crippen LogP contribution in [0, 0.1) is 17.3 Å². The smallest absolute Gasteiger partial charge is 0.376 e. The third-order valence-electron chi connectivity index (χ3n) is 6.56. The van der Waals surface area contributed by atoms with E-state index in [4.69, 9.17) is 9.47 Å². The molecule has 1 aliphatic rings. The first kappa shape index (κ1) is 23.9. The minimum Gasteiger partial charge on any atom is -0.454 e. The Kier molecular flexibility index (Phi) is 7.13. The second-order valence-electron chi connectivity index (χ2n) is 10.3. The summed E-state index contributed by atoms with van der Waals surface area (Å²) in [5.41, 5.74) is -1.93. The molecule has 0 bridgehead atoms. The Labute approximate surface area is 166 Å². The number of allylic oxidation sites excluding steroid dienone is 1. The minimum absolute atomic E-state index is 0.162. The Bertz CT molecular complexity index is 561. The molecule has 0 unspecified atom stereocenters. The van der Waals surface area contributed by atoms with E-state index in [-0.39, 0.29) is 17.1 Å². The third kappa shape index (κ3) is 5.91. The van der Waals surface area contributed by atoms with Crippen molar-refractivity contribution in [3.05, 3.63) is 12.7 Å². The standard InChI is InChI=1S/C23H40O4/c1-11-20(4,5)18(24)19(25)26-22(8,9)17-12-14-23(10,15-13-17)27-21(6,7)16(2)3/h11,16-17H,1,12-15H2,2-10H3. The van der Waals surface area contributed by atoms with Gasteiger partial charge >= 0.3 is 5.97 Å². The molecule has 0 spiro atoms. The molecular weight excluding hydrogens is 340 g/mol. The lowest BCUT2D eigenvalue weighted by molar-refractivity contribution is -0.185. The number of rotatable bonds is 8. The van der Waals surface area contributed by atoms with Crippen molar-refractivity contribution in [2.75, 3.05) is 0 Å². The molecule has 0 aliphatic heterocycles. The fraction of sp³-hybridized carbons (Fsp3) is 0.826. The lowest BCUT2D eigenvalue weighted by atomic mass is 9.72. The summed E-state index contributed by atoms with van der Waals surface area (Å²) in [6, 6.07) is 0. The van der Waals surface area contributed by atoms with Gasteiger partial charge in [0.25, 0.3) is 0 Å². The highest BCUT2D eigenvalue weighted by Crippen LogP contribution is 2.43. The van der Waals surface area contributed by atoms with E-state index in [2.05, 4.69) is 41.2 Å². The van der Waals surface area contributed by atoms with E-state index >= 15 is 0 Å². The van der Waals surface area contributed by atoms with E-state index in [0.717, 1.165) is 25.7 Å². The van der Waals surface area contributed by atoms with Crippen molar-refractivity contribution in [1.29, 1.82) is 0 Å². The first-order valence-electron chi connectivity index (χ1n) is 10.2. The molecule has 0 aromatic heterocycles. The molecule has 1 fully saturated rings. The number of esters is 1.